The van der Waals surface area contributed by atoms with Crippen molar-refractivity contribution in [1.29, 1.82) is 0 Å². The summed E-state index contributed by atoms with van der Waals surface area (Å²) in [5, 5.41) is 4.00. The van der Waals surface area contributed by atoms with Gasteiger partial charge in [0.05, 0.1) is 40.4 Å². The summed E-state index contributed by atoms with van der Waals surface area (Å²) in [6.45, 7) is 2.31. The van der Waals surface area contributed by atoms with Crippen molar-refractivity contribution in [2.75, 3.05) is 23.4 Å². The minimum absolute atomic E-state index is 0.0319. The normalized spacial score (nSPS) is 13.6. The van der Waals surface area contributed by atoms with Crippen LogP contribution in [0.3, 0.4) is 0 Å². The highest BCUT2D eigenvalue weighted by Gasteiger charge is 2.26. The molecule has 2 amide bonds. The van der Waals surface area contributed by atoms with E-state index >= 15 is 0 Å². The molecule has 1 aliphatic rings. The van der Waals surface area contributed by atoms with Gasteiger partial charge in [0.15, 0.2) is 4.80 Å². The van der Waals surface area contributed by atoms with Crippen LogP contribution < -0.4 is 10.1 Å². The molecule has 1 aromatic carbocycles. The van der Waals surface area contributed by atoms with E-state index in [2.05, 4.69) is 16.2 Å². The number of thiazole rings is 1. The van der Waals surface area contributed by atoms with E-state index in [1.807, 2.05) is 12.1 Å². The maximum Gasteiger partial charge on any atom is 0.341 e. The molecule has 1 N–H and O–H groups in total. The fourth-order valence-electron chi connectivity index (χ4n) is 4.16. The van der Waals surface area contributed by atoms with Gasteiger partial charge in [0.2, 0.25) is 5.91 Å². The summed E-state index contributed by atoms with van der Waals surface area (Å²) < 4.78 is 7.95. The van der Waals surface area contributed by atoms with Gasteiger partial charge in [0.25, 0.3) is 5.91 Å². The SMILES string of the molecule is C#CCn1c(=NC(=O)CSCC(=O)Nc2sc3c(c2C(=O)OCC)CCCCC3)sc2cc(Cl)ccc21. The monoisotopic (exact) mass is 575 g/mol. The molecule has 0 aliphatic heterocycles. The van der Waals surface area contributed by atoms with Gasteiger partial charge >= 0.3 is 5.97 Å². The Morgan fingerprint density at radius 3 is 2.81 bits per heavy atom. The van der Waals surface area contributed by atoms with Crippen molar-refractivity contribution < 1.29 is 19.1 Å². The number of esters is 1. The van der Waals surface area contributed by atoms with Crippen LogP contribution in [0, 0.1) is 12.3 Å². The highest BCUT2D eigenvalue weighted by Crippen LogP contribution is 2.38. The number of aromatic nitrogens is 1. The largest absolute Gasteiger partial charge is 0.462 e. The van der Waals surface area contributed by atoms with E-state index < -0.39 is 5.97 Å². The average molecular weight is 576 g/mol. The zero-order valence-corrected chi connectivity index (χ0v) is 23.5. The minimum Gasteiger partial charge on any atom is -0.462 e. The highest BCUT2D eigenvalue weighted by molar-refractivity contribution is 8.00. The molecule has 1 aliphatic carbocycles. The smallest absolute Gasteiger partial charge is 0.341 e. The van der Waals surface area contributed by atoms with Crippen LogP contribution in [0.4, 0.5) is 5.00 Å². The molecule has 4 rings (SSSR count). The van der Waals surface area contributed by atoms with Crippen LogP contribution in [0.5, 0.6) is 0 Å². The van der Waals surface area contributed by atoms with Crippen LogP contribution in [0.1, 0.15) is 47.0 Å². The number of thioether (sulfide) groups is 1. The molecular formula is C26H26ClN3O4S3. The molecule has 0 unspecified atom stereocenters. The van der Waals surface area contributed by atoms with Crippen LogP contribution >= 0.6 is 46.0 Å². The van der Waals surface area contributed by atoms with Gasteiger partial charge in [0.1, 0.15) is 5.00 Å². The Hall–Kier alpha value is -2.58. The van der Waals surface area contributed by atoms with Gasteiger partial charge < -0.3 is 14.6 Å². The number of amides is 2. The number of carbonyl (C=O) groups is 3. The molecule has 0 radical (unpaired) electrons. The van der Waals surface area contributed by atoms with Gasteiger partial charge in [0, 0.05) is 9.90 Å². The van der Waals surface area contributed by atoms with Crippen LogP contribution in [0.25, 0.3) is 10.2 Å². The van der Waals surface area contributed by atoms with Crippen LogP contribution in [-0.2, 0) is 33.7 Å². The lowest BCUT2D eigenvalue weighted by Gasteiger charge is -2.08. The minimum atomic E-state index is -0.399. The maximum atomic E-state index is 12.7. The molecule has 0 atom stereocenters. The van der Waals surface area contributed by atoms with E-state index in [9.17, 15) is 14.4 Å². The summed E-state index contributed by atoms with van der Waals surface area (Å²) in [4.78, 5) is 43.8. The van der Waals surface area contributed by atoms with Crippen LogP contribution in [0.15, 0.2) is 23.2 Å². The molecular weight excluding hydrogens is 550 g/mol. The van der Waals surface area contributed by atoms with Crippen molar-refractivity contribution >= 4 is 79.0 Å². The predicted molar refractivity (Wildman–Crippen MR) is 152 cm³/mol. The Balaban J connectivity index is 1.42. The van der Waals surface area contributed by atoms with Crippen molar-refractivity contribution in [3.63, 3.8) is 0 Å². The van der Waals surface area contributed by atoms with E-state index in [4.69, 9.17) is 22.8 Å². The van der Waals surface area contributed by atoms with Crippen molar-refractivity contribution in [3.8, 4) is 12.3 Å². The van der Waals surface area contributed by atoms with Crippen molar-refractivity contribution in [1.82, 2.24) is 4.57 Å². The molecule has 2 heterocycles. The third kappa shape index (κ3) is 6.65. The number of nitrogens with zero attached hydrogens (tertiary/aromatic N) is 2. The van der Waals surface area contributed by atoms with Crippen molar-refractivity contribution in [2.45, 2.75) is 45.6 Å². The summed E-state index contributed by atoms with van der Waals surface area (Å²) >= 11 is 10.0. The molecule has 7 nitrogen and oxygen atoms in total. The number of rotatable bonds is 8. The summed E-state index contributed by atoms with van der Waals surface area (Å²) in [7, 11) is 0. The quantitative estimate of drug-likeness (QED) is 0.224. The number of hydrogen-bond acceptors (Lipinski definition) is 7. The third-order valence-corrected chi connectivity index (χ3v) is 9.13. The number of fused-ring (bicyclic) bond motifs is 2. The third-order valence-electron chi connectivity index (χ3n) is 5.73. The summed E-state index contributed by atoms with van der Waals surface area (Å²) in [5.41, 5.74) is 2.34. The zero-order valence-electron chi connectivity index (χ0n) is 20.3. The molecule has 0 bridgehead atoms. The van der Waals surface area contributed by atoms with Gasteiger partial charge in [-0.2, -0.15) is 4.99 Å². The van der Waals surface area contributed by atoms with E-state index in [0.717, 1.165) is 52.8 Å². The van der Waals surface area contributed by atoms with Gasteiger partial charge in [-0.05, 0) is 56.4 Å². The Bertz CT molecular complexity index is 1450. The lowest BCUT2D eigenvalue weighted by molar-refractivity contribution is -0.115. The summed E-state index contributed by atoms with van der Waals surface area (Å²) in [5.74, 6) is 1.63. The highest BCUT2D eigenvalue weighted by atomic mass is 35.5. The second kappa shape index (κ2) is 12.8. The number of terminal acetylenes is 1. The van der Waals surface area contributed by atoms with Gasteiger partial charge in [-0.1, -0.05) is 35.3 Å². The molecule has 0 fully saturated rings. The summed E-state index contributed by atoms with van der Waals surface area (Å²) in [6.07, 6.45) is 10.4. The van der Waals surface area contributed by atoms with Gasteiger partial charge in [-0.15, -0.1) is 29.5 Å². The van der Waals surface area contributed by atoms with E-state index in [1.54, 1.807) is 17.6 Å². The molecule has 37 heavy (non-hydrogen) atoms. The maximum absolute atomic E-state index is 12.7. The number of thiophene rings is 1. The van der Waals surface area contributed by atoms with E-state index in [0.29, 0.717) is 20.4 Å². The number of aryl methyl sites for hydroxylation is 1. The van der Waals surface area contributed by atoms with E-state index in [1.165, 1.54) is 34.4 Å². The molecule has 194 valence electrons. The first-order valence-corrected chi connectivity index (χ1v) is 15.1. The molecule has 11 heteroatoms. The standard InChI is InChI=1S/C26H26ClN3O4S3/c1-3-12-30-18-11-10-16(27)13-20(18)37-26(30)29-22(32)15-35-14-21(31)28-24-23(25(33)34-4-2)17-8-6-5-7-9-19(17)36-24/h1,10-11,13H,4-9,12,14-15H2,2H3,(H,28,31). The fourth-order valence-corrected chi connectivity index (χ4v) is 7.37. The molecule has 0 saturated heterocycles. The Morgan fingerprint density at radius 1 is 1.22 bits per heavy atom. The topological polar surface area (TPSA) is 89.8 Å². The number of hydrogen-bond donors (Lipinski definition) is 1. The van der Waals surface area contributed by atoms with Crippen molar-refractivity contribution in [3.05, 3.63) is 44.0 Å². The number of carbonyl (C=O) groups excluding carboxylic acids is 3. The number of nitrogens with one attached hydrogen (secondary N) is 1. The second-order valence-corrected chi connectivity index (χ2v) is 11.9. The van der Waals surface area contributed by atoms with Gasteiger partial charge in [-0.3, -0.25) is 9.59 Å². The average Bonchev–Trinajstić information content (AvgIpc) is 3.26. The Labute approximate surface area is 232 Å². The second-order valence-electron chi connectivity index (χ2n) is 8.32. The number of halogens is 1. The lowest BCUT2D eigenvalue weighted by Crippen LogP contribution is -2.19. The first-order valence-electron chi connectivity index (χ1n) is 11.9. The van der Waals surface area contributed by atoms with E-state index in [-0.39, 0.29) is 36.5 Å². The Kier molecular flexibility index (Phi) is 9.49. The summed E-state index contributed by atoms with van der Waals surface area (Å²) in [6, 6.07) is 5.43. The number of ether oxygens (including phenoxy) is 1. The molecule has 3 aromatic rings. The molecule has 0 spiro atoms. The predicted octanol–water partition coefficient (Wildman–Crippen LogP) is 5.30. The zero-order chi connectivity index (χ0) is 26.4. The fraction of sp³-hybridized carbons (Fsp3) is 0.385. The first kappa shape index (κ1) is 27.5. The lowest BCUT2D eigenvalue weighted by atomic mass is 10.1. The number of benzene rings is 1. The Morgan fingerprint density at radius 2 is 2.03 bits per heavy atom. The first-order chi connectivity index (χ1) is 17.9. The van der Waals surface area contributed by atoms with Crippen molar-refractivity contribution in [2.24, 2.45) is 4.99 Å². The number of anilines is 1. The van der Waals surface area contributed by atoms with Crippen LogP contribution in [-0.4, -0.2) is 40.5 Å². The molecule has 0 saturated carbocycles. The van der Waals surface area contributed by atoms with Crippen LogP contribution in [0.2, 0.25) is 5.02 Å². The van der Waals surface area contributed by atoms with Gasteiger partial charge in [-0.25, -0.2) is 4.79 Å². The molecule has 2 aromatic heterocycles.